The molecule has 2 aromatic rings. The van der Waals surface area contributed by atoms with Crippen molar-refractivity contribution < 1.29 is 4.79 Å². The summed E-state index contributed by atoms with van der Waals surface area (Å²) in [6, 6.07) is 8.50. The number of thioether (sulfide) groups is 1. The van der Waals surface area contributed by atoms with Gasteiger partial charge in [0, 0.05) is 11.6 Å². The van der Waals surface area contributed by atoms with E-state index in [2.05, 4.69) is 53.4 Å². The Bertz CT molecular complexity index is 669. The van der Waals surface area contributed by atoms with E-state index in [0.717, 1.165) is 24.2 Å². The highest BCUT2D eigenvalue weighted by Gasteiger charge is 2.11. The number of carbonyl (C=O) groups excluding carboxylic acids is 1. The number of hydrogen-bond acceptors (Lipinski definition) is 4. The van der Waals surface area contributed by atoms with Crippen LogP contribution in [0.15, 0.2) is 29.4 Å². The molecule has 0 radical (unpaired) electrons. The average Bonchev–Trinajstić information content (AvgIpc) is 3.13. The third-order valence-corrected chi connectivity index (χ3v) is 5.18. The monoisotopic (exact) mass is 374 g/mol. The van der Waals surface area contributed by atoms with E-state index in [4.69, 9.17) is 0 Å². The summed E-state index contributed by atoms with van der Waals surface area (Å²) in [6.45, 7) is 6.41. The highest BCUT2D eigenvalue weighted by atomic mass is 32.2. The molecule has 142 valence electrons. The molecular weight excluding hydrogens is 344 g/mol. The first-order valence-corrected chi connectivity index (χ1v) is 10.5. The third kappa shape index (κ3) is 6.83. The molecule has 2 N–H and O–H groups in total. The molecule has 5 nitrogen and oxygen atoms in total. The Labute approximate surface area is 160 Å². The Morgan fingerprint density at radius 3 is 2.65 bits per heavy atom. The Morgan fingerprint density at radius 1 is 1.19 bits per heavy atom. The van der Waals surface area contributed by atoms with Crippen LogP contribution in [0.25, 0.3) is 11.4 Å². The fourth-order valence-electron chi connectivity index (χ4n) is 2.73. The number of aromatic amines is 1. The zero-order valence-corrected chi connectivity index (χ0v) is 16.9. The second-order valence-corrected chi connectivity index (χ2v) is 7.57. The first-order valence-electron chi connectivity index (χ1n) is 9.56. The lowest BCUT2D eigenvalue weighted by atomic mass is 10.1. The van der Waals surface area contributed by atoms with Crippen molar-refractivity contribution in [1.29, 1.82) is 0 Å². The fourth-order valence-corrected chi connectivity index (χ4v) is 3.34. The van der Waals surface area contributed by atoms with E-state index in [0.29, 0.717) is 10.9 Å². The Morgan fingerprint density at radius 2 is 1.96 bits per heavy atom. The van der Waals surface area contributed by atoms with Crippen LogP contribution in [0.3, 0.4) is 0 Å². The summed E-state index contributed by atoms with van der Waals surface area (Å²) in [7, 11) is 0. The van der Waals surface area contributed by atoms with Gasteiger partial charge in [0.05, 0.1) is 5.75 Å². The van der Waals surface area contributed by atoms with E-state index in [1.807, 2.05) is 12.1 Å². The molecule has 0 saturated carbocycles. The highest BCUT2D eigenvalue weighted by molar-refractivity contribution is 7.99. The molecule has 1 atom stereocenters. The maximum atomic E-state index is 12.1. The molecule has 26 heavy (non-hydrogen) atoms. The number of benzene rings is 1. The summed E-state index contributed by atoms with van der Waals surface area (Å²) in [4.78, 5) is 16.5. The maximum absolute atomic E-state index is 12.1. The number of hydrogen-bond donors (Lipinski definition) is 2. The van der Waals surface area contributed by atoms with Crippen molar-refractivity contribution in [1.82, 2.24) is 20.5 Å². The van der Waals surface area contributed by atoms with Crippen LogP contribution >= 0.6 is 11.8 Å². The smallest absolute Gasteiger partial charge is 0.230 e. The minimum absolute atomic E-state index is 0.0386. The molecule has 0 saturated heterocycles. The van der Waals surface area contributed by atoms with E-state index >= 15 is 0 Å². The Hall–Kier alpha value is -1.82. The summed E-state index contributed by atoms with van der Waals surface area (Å²) in [5, 5.41) is 10.8. The Kier molecular flexibility index (Phi) is 8.68. The van der Waals surface area contributed by atoms with Gasteiger partial charge in [-0.25, -0.2) is 4.98 Å². The van der Waals surface area contributed by atoms with Gasteiger partial charge in [-0.15, -0.1) is 5.10 Å². The summed E-state index contributed by atoms with van der Waals surface area (Å²) in [5.41, 5.74) is 2.30. The van der Waals surface area contributed by atoms with Crippen LogP contribution < -0.4 is 5.32 Å². The number of unbranched alkanes of at least 4 members (excludes halogenated alkanes) is 3. The van der Waals surface area contributed by atoms with Gasteiger partial charge in [0.15, 0.2) is 5.82 Å². The van der Waals surface area contributed by atoms with Gasteiger partial charge >= 0.3 is 0 Å². The molecule has 1 amide bonds. The van der Waals surface area contributed by atoms with Crippen molar-refractivity contribution in [3.05, 3.63) is 29.8 Å². The Balaban J connectivity index is 1.75. The standard InChI is InChI=1S/C20H30N4OS/c1-4-6-7-8-9-15(3)21-18(25)14-26-20-22-19(23-24-20)17-12-10-16(5-2)11-13-17/h10-13,15H,4-9,14H2,1-3H3,(H,21,25)(H,22,23,24)/t15-/m1/s1. The second kappa shape index (κ2) is 11.0. The first-order chi connectivity index (χ1) is 12.6. The molecule has 1 aromatic carbocycles. The van der Waals surface area contributed by atoms with Gasteiger partial charge in [-0.1, -0.05) is 75.6 Å². The van der Waals surface area contributed by atoms with Crippen LogP contribution in [0, 0.1) is 0 Å². The normalized spacial score (nSPS) is 12.1. The van der Waals surface area contributed by atoms with Crippen LogP contribution in [0.4, 0.5) is 0 Å². The minimum atomic E-state index is 0.0386. The largest absolute Gasteiger partial charge is 0.353 e. The van der Waals surface area contributed by atoms with Crippen LogP contribution in [0.5, 0.6) is 0 Å². The average molecular weight is 375 g/mol. The molecule has 0 aliphatic heterocycles. The molecule has 0 bridgehead atoms. The highest BCUT2D eigenvalue weighted by Crippen LogP contribution is 2.19. The molecular formula is C20H30N4OS. The number of aryl methyl sites for hydroxylation is 1. The first kappa shape index (κ1) is 20.5. The van der Waals surface area contributed by atoms with Crippen LogP contribution in [-0.4, -0.2) is 32.9 Å². The van der Waals surface area contributed by atoms with Gasteiger partial charge in [0.1, 0.15) is 0 Å². The van der Waals surface area contributed by atoms with Crippen molar-refractivity contribution in [2.45, 2.75) is 70.5 Å². The van der Waals surface area contributed by atoms with Crippen molar-refractivity contribution >= 4 is 17.7 Å². The quantitative estimate of drug-likeness (QED) is 0.445. The molecule has 2 rings (SSSR count). The number of carbonyl (C=O) groups is 1. The van der Waals surface area contributed by atoms with E-state index in [1.165, 1.54) is 43.0 Å². The van der Waals surface area contributed by atoms with Gasteiger partial charge in [-0.2, -0.15) is 0 Å². The van der Waals surface area contributed by atoms with Gasteiger partial charge in [0.25, 0.3) is 0 Å². The topological polar surface area (TPSA) is 70.7 Å². The molecule has 0 fully saturated rings. The predicted octanol–water partition coefficient (Wildman–Crippen LogP) is 4.60. The van der Waals surface area contributed by atoms with Gasteiger partial charge in [-0.3, -0.25) is 9.89 Å². The SMILES string of the molecule is CCCCCC[C@@H](C)NC(=O)CSc1n[nH]c(-c2ccc(CC)cc2)n1. The number of nitrogens with zero attached hydrogens (tertiary/aromatic N) is 2. The van der Waals surface area contributed by atoms with Gasteiger partial charge in [0.2, 0.25) is 11.1 Å². The number of amides is 1. The van der Waals surface area contributed by atoms with E-state index in [9.17, 15) is 4.79 Å². The van der Waals surface area contributed by atoms with Crippen LogP contribution in [-0.2, 0) is 11.2 Å². The number of rotatable bonds is 11. The molecule has 0 aliphatic rings. The molecule has 1 aromatic heterocycles. The number of aromatic nitrogens is 3. The lowest BCUT2D eigenvalue weighted by Gasteiger charge is -2.13. The minimum Gasteiger partial charge on any atom is -0.353 e. The summed E-state index contributed by atoms with van der Waals surface area (Å²) in [6.07, 6.45) is 6.97. The second-order valence-electron chi connectivity index (χ2n) is 6.62. The summed E-state index contributed by atoms with van der Waals surface area (Å²) >= 11 is 1.36. The summed E-state index contributed by atoms with van der Waals surface area (Å²) < 4.78 is 0. The van der Waals surface area contributed by atoms with Crippen molar-refractivity contribution in [3.63, 3.8) is 0 Å². The van der Waals surface area contributed by atoms with E-state index < -0.39 is 0 Å². The zero-order valence-electron chi connectivity index (χ0n) is 16.0. The van der Waals surface area contributed by atoms with Crippen molar-refractivity contribution in [2.75, 3.05) is 5.75 Å². The number of H-pyrrole nitrogens is 1. The molecule has 6 heteroatoms. The lowest BCUT2D eigenvalue weighted by molar-refractivity contribution is -0.119. The lowest BCUT2D eigenvalue weighted by Crippen LogP contribution is -2.33. The maximum Gasteiger partial charge on any atom is 0.230 e. The van der Waals surface area contributed by atoms with Crippen LogP contribution in [0.2, 0.25) is 0 Å². The van der Waals surface area contributed by atoms with E-state index in [1.54, 1.807) is 0 Å². The van der Waals surface area contributed by atoms with Crippen molar-refractivity contribution in [3.8, 4) is 11.4 Å². The molecule has 0 unspecified atom stereocenters. The zero-order chi connectivity index (χ0) is 18.8. The fraction of sp³-hybridized carbons (Fsp3) is 0.550. The van der Waals surface area contributed by atoms with Gasteiger partial charge in [-0.05, 0) is 25.3 Å². The molecule has 1 heterocycles. The van der Waals surface area contributed by atoms with Crippen LogP contribution in [0.1, 0.15) is 58.4 Å². The third-order valence-electron chi connectivity index (χ3n) is 4.33. The van der Waals surface area contributed by atoms with E-state index in [-0.39, 0.29) is 11.9 Å². The summed E-state index contributed by atoms with van der Waals surface area (Å²) in [5.74, 6) is 1.11. The van der Waals surface area contributed by atoms with Gasteiger partial charge < -0.3 is 5.32 Å². The number of nitrogens with one attached hydrogen (secondary N) is 2. The molecule has 0 spiro atoms. The van der Waals surface area contributed by atoms with Crippen molar-refractivity contribution in [2.24, 2.45) is 0 Å². The predicted molar refractivity (Wildman–Crippen MR) is 108 cm³/mol. The molecule has 0 aliphatic carbocycles.